The molecule has 0 fully saturated rings. The van der Waals surface area contributed by atoms with E-state index in [0.29, 0.717) is 5.92 Å². The van der Waals surface area contributed by atoms with Crippen LogP contribution in [0.1, 0.15) is 30.3 Å². The second kappa shape index (κ2) is 3.91. The Bertz CT molecular complexity index is 473. The van der Waals surface area contributed by atoms with Crippen LogP contribution in [0.2, 0.25) is 0 Å². The van der Waals surface area contributed by atoms with Crippen LogP contribution in [0, 0.1) is 6.92 Å². The summed E-state index contributed by atoms with van der Waals surface area (Å²) in [5, 5.41) is 1.15. The van der Waals surface area contributed by atoms with Gasteiger partial charge in [-0.25, -0.2) is 4.98 Å². The van der Waals surface area contributed by atoms with Crippen LogP contribution in [0.25, 0.3) is 10.2 Å². The van der Waals surface area contributed by atoms with Crippen molar-refractivity contribution in [1.29, 1.82) is 0 Å². The van der Waals surface area contributed by atoms with Crippen LogP contribution in [0.3, 0.4) is 0 Å². The standard InChI is InChI=1S/C12H16N2S/c1-7-5-4-6-10-11(7)14-12(15-10)8(2)9(3)13/h4-6,8-9H,13H2,1-3H3. The number of rotatable bonds is 2. The number of nitrogens with zero attached hydrogens (tertiary/aromatic N) is 1. The van der Waals surface area contributed by atoms with Crippen molar-refractivity contribution in [3.05, 3.63) is 28.8 Å². The lowest BCUT2D eigenvalue weighted by Crippen LogP contribution is -2.22. The van der Waals surface area contributed by atoms with Gasteiger partial charge in [-0.1, -0.05) is 19.1 Å². The highest BCUT2D eigenvalue weighted by Crippen LogP contribution is 2.30. The van der Waals surface area contributed by atoms with Gasteiger partial charge in [0.1, 0.15) is 0 Å². The van der Waals surface area contributed by atoms with E-state index in [1.807, 2.05) is 6.92 Å². The molecule has 2 aromatic rings. The molecule has 0 aliphatic rings. The Hall–Kier alpha value is -0.930. The summed E-state index contributed by atoms with van der Waals surface area (Å²) in [5.41, 5.74) is 8.27. The van der Waals surface area contributed by atoms with E-state index in [1.54, 1.807) is 11.3 Å². The first kappa shape index (κ1) is 10.6. The third-order valence-corrected chi connectivity index (χ3v) is 4.04. The predicted octanol–water partition coefficient (Wildman–Crippen LogP) is 3.06. The molecule has 2 nitrogen and oxygen atoms in total. The first-order valence-corrected chi connectivity index (χ1v) is 6.03. The van der Waals surface area contributed by atoms with Gasteiger partial charge in [-0.05, 0) is 25.5 Å². The van der Waals surface area contributed by atoms with Gasteiger partial charge in [-0.3, -0.25) is 0 Å². The zero-order valence-corrected chi connectivity index (χ0v) is 10.1. The normalized spacial score (nSPS) is 15.5. The number of benzene rings is 1. The molecule has 0 saturated carbocycles. The summed E-state index contributed by atoms with van der Waals surface area (Å²) >= 11 is 1.76. The lowest BCUT2D eigenvalue weighted by Gasteiger charge is -2.11. The van der Waals surface area contributed by atoms with Crippen molar-refractivity contribution in [3.63, 3.8) is 0 Å². The van der Waals surface area contributed by atoms with E-state index in [0.717, 1.165) is 10.5 Å². The lowest BCUT2D eigenvalue weighted by molar-refractivity contribution is 0.611. The van der Waals surface area contributed by atoms with Crippen LogP contribution >= 0.6 is 11.3 Å². The first-order chi connectivity index (χ1) is 7.09. The van der Waals surface area contributed by atoms with E-state index < -0.39 is 0 Å². The van der Waals surface area contributed by atoms with Crippen molar-refractivity contribution in [3.8, 4) is 0 Å². The van der Waals surface area contributed by atoms with Crippen LogP contribution in [0.4, 0.5) is 0 Å². The second-order valence-corrected chi connectivity index (χ2v) is 5.18. The summed E-state index contributed by atoms with van der Waals surface area (Å²) in [7, 11) is 0. The highest BCUT2D eigenvalue weighted by atomic mass is 32.1. The highest BCUT2D eigenvalue weighted by Gasteiger charge is 2.15. The van der Waals surface area contributed by atoms with Gasteiger partial charge in [0.05, 0.1) is 15.2 Å². The maximum absolute atomic E-state index is 5.89. The Morgan fingerprint density at radius 3 is 2.67 bits per heavy atom. The average Bonchev–Trinajstić information content (AvgIpc) is 2.61. The zero-order valence-electron chi connectivity index (χ0n) is 9.32. The molecule has 0 spiro atoms. The average molecular weight is 220 g/mol. The molecule has 0 amide bonds. The Morgan fingerprint density at radius 1 is 1.33 bits per heavy atom. The summed E-state index contributed by atoms with van der Waals surface area (Å²) in [6, 6.07) is 6.46. The SMILES string of the molecule is Cc1cccc2sc(C(C)C(C)N)nc12. The Labute approximate surface area is 94.1 Å². The summed E-state index contributed by atoms with van der Waals surface area (Å²) in [5.74, 6) is 0.335. The van der Waals surface area contributed by atoms with Crippen molar-refractivity contribution in [1.82, 2.24) is 4.98 Å². The van der Waals surface area contributed by atoms with Gasteiger partial charge in [-0.15, -0.1) is 11.3 Å². The van der Waals surface area contributed by atoms with Gasteiger partial charge in [0.15, 0.2) is 0 Å². The highest BCUT2D eigenvalue weighted by molar-refractivity contribution is 7.18. The van der Waals surface area contributed by atoms with E-state index in [4.69, 9.17) is 5.73 Å². The van der Waals surface area contributed by atoms with Gasteiger partial charge < -0.3 is 5.73 Å². The number of hydrogen-bond acceptors (Lipinski definition) is 3. The van der Waals surface area contributed by atoms with Gasteiger partial charge in [0.25, 0.3) is 0 Å². The van der Waals surface area contributed by atoms with E-state index >= 15 is 0 Å². The number of aryl methyl sites for hydroxylation is 1. The van der Waals surface area contributed by atoms with Crippen molar-refractivity contribution < 1.29 is 0 Å². The molecule has 15 heavy (non-hydrogen) atoms. The van der Waals surface area contributed by atoms with E-state index in [9.17, 15) is 0 Å². The Balaban J connectivity index is 2.52. The Morgan fingerprint density at radius 2 is 2.07 bits per heavy atom. The topological polar surface area (TPSA) is 38.9 Å². The molecule has 1 heterocycles. The summed E-state index contributed by atoms with van der Waals surface area (Å²) in [6.45, 7) is 6.27. The number of hydrogen-bond donors (Lipinski definition) is 1. The number of nitrogens with two attached hydrogens (primary N) is 1. The third-order valence-electron chi connectivity index (χ3n) is 2.82. The minimum absolute atomic E-state index is 0.158. The Kier molecular flexibility index (Phi) is 2.76. The van der Waals surface area contributed by atoms with Crippen molar-refractivity contribution in [2.45, 2.75) is 32.7 Å². The largest absolute Gasteiger partial charge is 0.327 e. The summed E-state index contributed by atoms with van der Waals surface area (Å²) in [4.78, 5) is 4.67. The molecule has 1 aromatic carbocycles. The van der Waals surface area contributed by atoms with Crippen LogP contribution in [0.5, 0.6) is 0 Å². The van der Waals surface area contributed by atoms with Gasteiger partial charge in [0, 0.05) is 12.0 Å². The monoisotopic (exact) mass is 220 g/mol. The molecule has 0 radical (unpaired) electrons. The molecule has 0 saturated heterocycles. The van der Waals surface area contributed by atoms with Crippen molar-refractivity contribution in [2.24, 2.45) is 5.73 Å². The van der Waals surface area contributed by atoms with Crippen LogP contribution in [0.15, 0.2) is 18.2 Å². The smallest absolute Gasteiger partial charge is 0.0982 e. The van der Waals surface area contributed by atoms with Crippen molar-refractivity contribution >= 4 is 21.6 Å². The van der Waals surface area contributed by atoms with Crippen LogP contribution < -0.4 is 5.73 Å². The molecule has 0 aliphatic carbocycles. The molecule has 2 N–H and O–H groups in total. The van der Waals surface area contributed by atoms with Gasteiger partial charge in [0.2, 0.25) is 0 Å². The van der Waals surface area contributed by atoms with Gasteiger partial charge in [-0.2, -0.15) is 0 Å². The molecule has 80 valence electrons. The fourth-order valence-corrected chi connectivity index (χ4v) is 2.74. The molecule has 2 atom stereocenters. The molecule has 0 aliphatic heterocycles. The summed E-state index contributed by atoms with van der Waals surface area (Å²) < 4.78 is 1.26. The minimum atomic E-state index is 0.158. The first-order valence-electron chi connectivity index (χ1n) is 5.21. The maximum atomic E-state index is 5.89. The number of thiazole rings is 1. The minimum Gasteiger partial charge on any atom is -0.327 e. The molecule has 2 unspecified atom stereocenters. The lowest BCUT2D eigenvalue weighted by atomic mass is 10.1. The van der Waals surface area contributed by atoms with Crippen molar-refractivity contribution in [2.75, 3.05) is 0 Å². The maximum Gasteiger partial charge on any atom is 0.0982 e. The molecular weight excluding hydrogens is 204 g/mol. The summed E-state index contributed by atoms with van der Waals surface area (Å²) in [6.07, 6.45) is 0. The molecule has 2 rings (SSSR count). The van der Waals surface area contributed by atoms with E-state index in [2.05, 4.69) is 37.0 Å². The number of aromatic nitrogens is 1. The molecular formula is C12H16N2S. The number of para-hydroxylation sites is 1. The quantitative estimate of drug-likeness (QED) is 0.844. The van der Waals surface area contributed by atoms with E-state index in [-0.39, 0.29) is 6.04 Å². The predicted molar refractivity (Wildman–Crippen MR) is 66.4 cm³/mol. The second-order valence-electron chi connectivity index (χ2n) is 4.12. The van der Waals surface area contributed by atoms with Gasteiger partial charge >= 0.3 is 0 Å². The fourth-order valence-electron chi connectivity index (χ4n) is 1.52. The van der Waals surface area contributed by atoms with Crippen LogP contribution in [-0.4, -0.2) is 11.0 Å². The third kappa shape index (κ3) is 1.90. The molecule has 3 heteroatoms. The molecule has 1 aromatic heterocycles. The molecule has 0 bridgehead atoms. The fraction of sp³-hybridized carbons (Fsp3) is 0.417. The zero-order chi connectivity index (χ0) is 11.0. The van der Waals surface area contributed by atoms with Crippen LogP contribution in [-0.2, 0) is 0 Å². The number of fused-ring (bicyclic) bond motifs is 1. The van der Waals surface area contributed by atoms with E-state index in [1.165, 1.54) is 10.3 Å².